The molecule has 1 amide bonds. The number of amides is 1. The maximum absolute atomic E-state index is 12.6. The third-order valence-electron chi connectivity index (χ3n) is 4.85. The molecule has 1 aromatic heterocycles. The monoisotopic (exact) mass is 401 g/mol. The van der Waals surface area contributed by atoms with Crippen LogP contribution in [0, 0.1) is 6.92 Å². The normalized spacial score (nSPS) is 15.4. The molecular weight excluding hydrogens is 374 g/mol. The molecule has 0 aliphatic carbocycles. The van der Waals surface area contributed by atoms with Gasteiger partial charge in [0.15, 0.2) is 0 Å². The van der Waals surface area contributed by atoms with Gasteiger partial charge in [0.2, 0.25) is 5.91 Å². The van der Waals surface area contributed by atoms with E-state index in [0.29, 0.717) is 17.1 Å². The Kier molecular flexibility index (Phi) is 6.83. The number of hydrogen-bond donors (Lipinski definition) is 1. The highest BCUT2D eigenvalue weighted by Gasteiger charge is 2.24. The van der Waals surface area contributed by atoms with E-state index in [1.54, 1.807) is 6.92 Å². The number of nitrogens with zero attached hydrogens (tertiary/aromatic N) is 2. The Balaban J connectivity index is 1.79. The fourth-order valence-electron chi connectivity index (χ4n) is 3.18. The summed E-state index contributed by atoms with van der Waals surface area (Å²) in [7, 11) is 2.08. The summed E-state index contributed by atoms with van der Waals surface area (Å²) in [6.45, 7) is 8.07. The molecule has 1 N–H and O–H groups in total. The second-order valence-electron chi connectivity index (χ2n) is 7.07. The Morgan fingerprint density at radius 1 is 1.14 bits per heavy atom. The van der Waals surface area contributed by atoms with Crippen LogP contribution in [0.3, 0.4) is 0 Å². The van der Waals surface area contributed by atoms with Gasteiger partial charge in [-0.2, -0.15) is 0 Å². The molecule has 0 atom stereocenters. The Hall–Kier alpha value is -2.22. The summed E-state index contributed by atoms with van der Waals surface area (Å²) in [5.74, 6) is -0.512. The summed E-state index contributed by atoms with van der Waals surface area (Å²) in [5, 5.41) is 5.39. The SMILES string of the molecule is CCOC(=O)c1c(-c2ccc(C)cc2)csc1NC(=O)CN1CCN(C)CC1. The number of rotatable bonds is 6. The van der Waals surface area contributed by atoms with Crippen molar-refractivity contribution in [3.8, 4) is 11.1 Å². The number of piperazine rings is 1. The first-order valence-corrected chi connectivity index (χ1v) is 10.4. The van der Waals surface area contributed by atoms with Crippen molar-refractivity contribution < 1.29 is 14.3 Å². The zero-order valence-corrected chi connectivity index (χ0v) is 17.5. The molecule has 1 aliphatic rings. The number of carbonyl (C=O) groups is 2. The van der Waals surface area contributed by atoms with E-state index in [-0.39, 0.29) is 12.5 Å². The number of thiophene rings is 1. The first-order valence-electron chi connectivity index (χ1n) is 9.54. The van der Waals surface area contributed by atoms with Crippen LogP contribution in [0.1, 0.15) is 22.8 Å². The van der Waals surface area contributed by atoms with Crippen LogP contribution in [0.4, 0.5) is 5.00 Å². The Labute approximate surface area is 170 Å². The van der Waals surface area contributed by atoms with Gasteiger partial charge in [-0.1, -0.05) is 29.8 Å². The molecule has 150 valence electrons. The molecule has 3 rings (SSSR count). The lowest BCUT2D eigenvalue weighted by molar-refractivity contribution is -0.117. The summed E-state index contributed by atoms with van der Waals surface area (Å²) in [5.41, 5.74) is 3.31. The fourth-order valence-corrected chi connectivity index (χ4v) is 4.15. The van der Waals surface area contributed by atoms with Gasteiger partial charge in [0.05, 0.1) is 13.2 Å². The lowest BCUT2D eigenvalue weighted by Crippen LogP contribution is -2.47. The summed E-state index contributed by atoms with van der Waals surface area (Å²) < 4.78 is 5.26. The number of likely N-dealkylation sites (N-methyl/N-ethyl adjacent to an activating group) is 1. The third kappa shape index (κ3) is 4.98. The molecule has 0 unspecified atom stereocenters. The van der Waals surface area contributed by atoms with E-state index < -0.39 is 5.97 Å². The van der Waals surface area contributed by atoms with E-state index >= 15 is 0 Å². The van der Waals surface area contributed by atoms with Gasteiger partial charge in [-0.05, 0) is 26.5 Å². The van der Waals surface area contributed by atoms with Gasteiger partial charge in [-0.3, -0.25) is 9.69 Å². The van der Waals surface area contributed by atoms with E-state index in [9.17, 15) is 9.59 Å². The Morgan fingerprint density at radius 2 is 1.82 bits per heavy atom. The molecule has 2 aromatic rings. The first-order chi connectivity index (χ1) is 13.5. The average Bonchev–Trinajstić information content (AvgIpc) is 3.08. The van der Waals surface area contributed by atoms with Crippen molar-refractivity contribution in [2.75, 3.05) is 51.7 Å². The van der Waals surface area contributed by atoms with Crippen molar-refractivity contribution in [3.05, 3.63) is 40.8 Å². The fraction of sp³-hybridized carbons (Fsp3) is 0.429. The number of esters is 1. The number of nitrogens with one attached hydrogen (secondary N) is 1. The van der Waals surface area contributed by atoms with Crippen molar-refractivity contribution in [1.29, 1.82) is 0 Å². The largest absolute Gasteiger partial charge is 0.462 e. The minimum absolute atomic E-state index is 0.104. The number of ether oxygens (including phenoxy) is 1. The number of hydrogen-bond acceptors (Lipinski definition) is 6. The molecule has 1 aromatic carbocycles. The third-order valence-corrected chi connectivity index (χ3v) is 5.74. The molecule has 28 heavy (non-hydrogen) atoms. The van der Waals surface area contributed by atoms with Gasteiger partial charge in [-0.15, -0.1) is 11.3 Å². The molecular formula is C21H27N3O3S. The van der Waals surface area contributed by atoms with Crippen LogP contribution >= 0.6 is 11.3 Å². The molecule has 6 nitrogen and oxygen atoms in total. The Morgan fingerprint density at radius 3 is 2.46 bits per heavy atom. The zero-order chi connectivity index (χ0) is 20.1. The van der Waals surface area contributed by atoms with Crippen LogP contribution in [-0.2, 0) is 9.53 Å². The average molecular weight is 402 g/mol. The minimum Gasteiger partial charge on any atom is -0.462 e. The smallest absolute Gasteiger partial charge is 0.341 e. The molecule has 1 fully saturated rings. The van der Waals surface area contributed by atoms with Crippen molar-refractivity contribution in [1.82, 2.24) is 9.80 Å². The second kappa shape index (κ2) is 9.32. The standard InChI is InChI=1S/C21H27N3O3S/c1-4-27-21(26)19-17(16-7-5-15(2)6-8-16)14-28-20(19)22-18(25)13-24-11-9-23(3)10-12-24/h5-8,14H,4,9-13H2,1-3H3,(H,22,25). The maximum Gasteiger partial charge on any atom is 0.341 e. The first kappa shape index (κ1) is 20.5. The maximum atomic E-state index is 12.6. The highest BCUT2D eigenvalue weighted by molar-refractivity contribution is 7.15. The van der Waals surface area contributed by atoms with Gasteiger partial charge < -0.3 is 15.0 Å². The summed E-state index contributed by atoms with van der Waals surface area (Å²) in [4.78, 5) is 29.6. The van der Waals surface area contributed by atoms with Gasteiger partial charge >= 0.3 is 5.97 Å². The lowest BCUT2D eigenvalue weighted by Gasteiger charge is -2.31. The minimum atomic E-state index is -0.408. The molecule has 0 saturated carbocycles. The molecule has 0 bridgehead atoms. The molecule has 0 spiro atoms. The number of benzene rings is 1. The van der Waals surface area contributed by atoms with E-state index in [1.165, 1.54) is 11.3 Å². The number of aryl methyl sites for hydroxylation is 1. The van der Waals surface area contributed by atoms with Crippen LogP contribution < -0.4 is 5.32 Å². The van der Waals surface area contributed by atoms with E-state index in [2.05, 4.69) is 22.2 Å². The number of carbonyl (C=O) groups excluding carboxylic acids is 2. The molecule has 1 saturated heterocycles. The molecule has 1 aliphatic heterocycles. The van der Waals surface area contributed by atoms with Crippen molar-refractivity contribution >= 4 is 28.2 Å². The van der Waals surface area contributed by atoms with Crippen LogP contribution in [0.25, 0.3) is 11.1 Å². The summed E-state index contributed by atoms with van der Waals surface area (Å²) >= 11 is 1.36. The predicted octanol–water partition coefficient (Wildman–Crippen LogP) is 3.09. The predicted molar refractivity (Wildman–Crippen MR) is 113 cm³/mol. The Bertz CT molecular complexity index is 824. The number of anilines is 1. The van der Waals surface area contributed by atoms with Crippen LogP contribution in [0.15, 0.2) is 29.6 Å². The van der Waals surface area contributed by atoms with Gasteiger partial charge in [0, 0.05) is 37.1 Å². The van der Waals surface area contributed by atoms with E-state index in [0.717, 1.165) is 42.9 Å². The van der Waals surface area contributed by atoms with Gasteiger partial charge in [-0.25, -0.2) is 4.79 Å². The van der Waals surface area contributed by atoms with Crippen LogP contribution in [-0.4, -0.2) is 68.1 Å². The van der Waals surface area contributed by atoms with Crippen molar-refractivity contribution in [3.63, 3.8) is 0 Å². The van der Waals surface area contributed by atoms with Gasteiger partial charge in [0.1, 0.15) is 10.6 Å². The quantitative estimate of drug-likeness (QED) is 0.754. The second-order valence-corrected chi connectivity index (χ2v) is 7.95. The van der Waals surface area contributed by atoms with Gasteiger partial charge in [0.25, 0.3) is 0 Å². The van der Waals surface area contributed by atoms with E-state index in [1.807, 2.05) is 36.6 Å². The highest BCUT2D eigenvalue weighted by Crippen LogP contribution is 2.36. The molecule has 2 heterocycles. The van der Waals surface area contributed by atoms with Crippen LogP contribution in [0.2, 0.25) is 0 Å². The molecule has 7 heteroatoms. The van der Waals surface area contributed by atoms with Crippen LogP contribution in [0.5, 0.6) is 0 Å². The zero-order valence-electron chi connectivity index (χ0n) is 16.7. The van der Waals surface area contributed by atoms with Crippen molar-refractivity contribution in [2.45, 2.75) is 13.8 Å². The lowest BCUT2D eigenvalue weighted by atomic mass is 10.0. The topological polar surface area (TPSA) is 61.9 Å². The molecule has 0 radical (unpaired) electrons. The highest BCUT2D eigenvalue weighted by atomic mass is 32.1. The summed E-state index contributed by atoms with van der Waals surface area (Å²) in [6, 6.07) is 7.98. The van der Waals surface area contributed by atoms with Crippen molar-refractivity contribution in [2.24, 2.45) is 0 Å². The summed E-state index contributed by atoms with van der Waals surface area (Å²) in [6.07, 6.45) is 0. The van der Waals surface area contributed by atoms with E-state index in [4.69, 9.17) is 4.74 Å².